The van der Waals surface area contributed by atoms with Crippen molar-refractivity contribution in [2.75, 3.05) is 19.8 Å². The van der Waals surface area contributed by atoms with Gasteiger partial charge in [0.15, 0.2) is 6.29 Å². The Morgan fingerprint density at radius 3 is 1.44 bits per heavy atom. The molecule has 0 aromatic heterocycles. The number of hydrogen-bond donors (Lipinski definition) is 6. The van der Waals surface area contributed by atoms with Crippen LogP contribution in [-0.4, -0.2) is 100 Å². The lowest BCUT2D eigenvalue weighted by atomic mass is 9.99. The molecule has 0 aliphatic carbocycles. The molecule has 1 fully saturated rings. The fourth-order valence-electron chi connectivity index (χ4n) is 9.41. The van der Waals surface area contributed by atoms with Crippen LogP contribution in [0.15, 0.2) is 48.6 Å². The molecule has 1 aliphatic heterocycles. The summed E-state index contributed by atoms with van der Waals surface area (Å²) in [6, 6.07) is -0.840. The number of carbonyl (C=O) groups is 2. The van der Waals surface area contributed by atoms with Gasteiger partial charge < -0.3 is 45.1 Å². The number of aliphatic hydroxyl groups excluding tert-OH is 5. The second-order valence-corrected chi connectivity index (χ2v) is 21.0. The molecule has 11 heteroatoms. The van der Waals surface area contributed by atoms with Gasteiger partial charge in [0.05, 0.1) is 32.0 Å². The Kier molecular flexibility index (Phi) is 48.6. The summed E-state index contributed by atoms with van der Waals surface area (Å²) in [4.78, 5) is 25.1. The minimum atomic E-state index is -1.58. The maximum atomic E-state index is 13.0. The lowest BCUT2D eigenvalue weighted by Gasteiger charge is -2.40. The molecule has 0 bridgehead atoms. The molecule has 7 atom stereocenters. The highest BCUT2D eigenvalue weighted by Gasteiger charge is 2.44. The number of carbonyl (C=O) groups excluding carboxylic acids is 2. The molecule has 1 aliphatic rings. The van der Waals surface area contributed by atoms with Crippen LogP contribution in [0.4, 0.5) is 0 Å². The van der Waals surface area contributed by atoms with Gasteiger partial charge in [-0.2, -0.15) is 0 Å². The molecule has 7 unspecified atom stereocenters. The smallest absolute Gasteiger partial charge is 0.305 e. The molecular formula is C62H113NO10. The van der Waals surface area contributed by atoms with Crippen molar-refractivity contribution >= 4 is 11.9 Å². The zero-order chi connectivity index (χ0) is 53.1. The molecule has 0 aromatic rings. The van der Waals surface area contributed by atoms with Crippen LogP contribution in [0, 0.1) is 0 Å². The minimum absolute atomic E-state index is 0.00580. The van der Waals surface area contributed by atoms with Crippen molar-refractivity contribution in [1.29, 1.82) is 0 Å². The van der Waals surface area contributed by atoms with Gasteiger partial charge >= 0.3 is 5.97 Å². The predicted octanol–water partition coefficient (Wildman–Crippen LogP) is 14.1. The SMILES string of the molecule is C/C=C/CC/C=C/CC/C=C/C(O)C(COC1OC(CO)C(O)C(O)C1O)NC(=O)CCCCCCCCC/C=C\CCCCCCCCCCCOC(=O)CCCCCCCCCCCCCCCCCC. The number of hydrogen-bond acceptors (Lipinski definition) is 10. The summed E-state index contributed by atoms with van der Waals surface area (Å²) in [5.41, 5.74) is 0. The van der Waals surface area contributed by atoms with Crippen LogP contribution in [0.3, 0.4) is 0 Å². The highest BCUT2D eigenvalue weighted by Crippen LogP contribution is 2.23. The van der Waals surface area contributed by atoms with Gasteiger partial charge in [-0.3, -0.25) is 9.59 Å². The summed E-state index contributed by atoms with van der Waals surface area (Å²) in [6.07, 6.45) is 55.3. The summed E-state index contributed by atoms with van der Waals surface area (Å²) < 4.78 is 16.7. The third kappa shape index (κ3) is 41.5. The Bertz CT molecular complexity index is 1350. The number of ether oxygens (including phenoxy) is 3. The van der Waals surface area contributed by atoms with Crippen LogP contribution >= 0.6 is 0 Å². The standard InChI is InChI=1S/C62H113NO10/c1-3-5-7-9-11-13-14-15-16-24-27-30-34-38-42-46-50-58(67)71-51-47-43-39-35-31-28-25-22-20-18-17-19-21-23-26-29-33-37-41-45-49-57(66)63-54(55(65)48-44-40-36-32-12-10-8-6-4-2)53-72-62-61(70)60(69)59(68)56(52-64)73-62/h4,6,12,17,19,32,44,48,54-56,59-62,64-65,68-70H,3,5,7-11,13-16,18,20-31,33-43,45-47,49-53H2,1-2H3,(H,63,66)/b6-4+,19-17-,32-12+,48-44+. The molecular weight excluding hydrogens is 919 g/mol. The average Bonchev–Trinajstić information content (AvgIpc) is 3.39. The monoisotopic (exact) mass is 1030 g/mol. The van der Waals surface area contributed by atoms with E-state index in [1.165, 1.54) is 161 Å². The van der Waals surface area contributed by atoms with E-state index in [2.05, 4.69) is 42.6 Å². The number of amides is 1. The number of aliphatic hydroxyl groups is 5. The van der Waals surface area contributed by atoms with Crippen molar-refractivity contribution in [2.24, 2.45) is 0 Å². The Morgan fingerprint density at radius 1 is 0.521 bits per heavy atom. The van der Waals surface area contributed by atoms with E-state index in [9.17, 15) is 35.1 Å². The average molecular weight is 1030 g/mol. The lowest BCUT2D eigenvalue weighted by molar-refractivity contribution is -0.302. The van der Waals surface area contributed by atoms with Crippen molar-refractivity contribution in [1.82, 2.24) is 5.32 Å². The molecule has 1 amide bonds. The highest BCUT2D eigenvalue weighted by molar-refractivity contribution is 5.76. The largest absolute Gasteiger partial charge is 0.466 e. The lowest BCUT2D eigenvalue weighted by Crippen LogP contribution is -2.60. The van der Waals surface area contributed by atoms with E-state index in [0.29, 0.717) is 25.9 Å². The first-order chi connectivity index (χ1) is 35.7. The number of esters is 1. The Hall–Kier alpha value is -2.38. The van der Waals surface area contributed by atoms with E-state index in [-0.39, 0.29) is 18.5 Å². The fraction of sp³-hybridized carbons (Fsp3) is 0.839. The molecule has 0 saturated carbocycles. The molecule has 73 heavy (non-hydrogen) atoms. The van der Waals surface area contributed by atoms with Crippen LogP contribution in [0.25, 0.3) is 0 Å². The Balaban J connectivity index is 2.01. The zero-order valence-corrected chi connectivity index (χ0v) is 46.8. The molecule has 1 rings (SSSR count). The third-order valence-corrected chi connectivity index (χ3v) is 14.2. The Labute approximate surface area is 446 Å². The summed E-state index contributed by atoms with van der Waals surface area (Å²) in [7, 11) is 0. The quantitative estimate of drug-likeness (QED) is 0.0195. The van der Waals surface area contributed by atoms with Crippen LogP contribution in [0.2, 0.25) is 0 Å². The minimum Gasteiger partial charge on any atom is -0.466 e. The second-order valence-electron chi connectivity index (χ2n) is 21.0. The van der Waals surface area contributed by atoms with Gasteiger partial charge in [0.25, 0.3) is 0 Å². The van der Waals surface area contributed by atoms with Crippen molar-refractivity contribution < 1.29 is 49.3 Å². The number of rotatable bonds is 52. The molecule has 0 aromatic carbocycles. The van der Waals surface area contributed by atoms with Gasteiger partial charge in [0, 0.05) is 12.8 Å². The predicted molar refractivity (Wildman–Crippen MR) is 301 cm³/mol. The summed E-state index contributed by atoms with van der Waals surface area (Å²) in [6.45, 7) is 4.08. The second kappa shape index (κ2) is 51.7. The van der Waals surface area contributed by atoms with Gasteiger partial charge in [-0.1, -0.05) is 229 Å². The summed E-state index contributed by atoms with van der Waals surface area (Å²) >= 11 is 0. The van der Waals surface area contributed by atoms with Gasteiger partial charge in [-0.15, -0.1) is 0 Å². The van der Waals surface area contributed by atoms with Gasteiger partial charge in [-0.25, -0.2) is 0 Å². The molecule has 1 heterocycles. The van der Waals surface area contributed by atoms with Crippen molar-refractivity contribution in [3.05, 3.63) is 48.6 Å². The van der Waals surface area contributed by atoms with Crippen LogP contribution in [0.5, 0.6) is 0 Å². The van der Waals surface area contributed by atoms with Crippen molar-refractivity contribution in [2.45, 2.75) is 314 Å². The first-order valence-corrected chi connectivity index (χ1v) is 30.4. The number of nitrogens with one attached hydrogen (secondary N) is 1. The third-order valence-electron chi connectivity index (χ3n) is 14.2. The Morgan fingerprint density at radius 2 is 0.945 bits per heavy atom. The number of unbranched alkanes of at least 4 members (excludes halogenated alkanes) is 33. The first kappa shape index (κ1) is 68.6. The van der Waals surface area contributed by atoms with E-state index in [4.69, 9.17) is 14.2 Å². The van der Waals surface area contributed by atoms with Crippen molar-refractivity contribution in [3.63, 3.8) is 0 Å². The molecule has 11 nitrogen and oxygen atoms in total. The normalized spacial score (nSPS) is 19.2. The van der Waals surface area contributed by atoms with E-state index < -0.39 is 49.5 Å². The van der Waals surface area contributed by atoms with E-state index in [0.717, 1.165) is 77.0 Å². The maximum Gasteiger partial charge on any atom is 0.305 e. The highest BCUT2D eigenvalue weighted by atomic mass is 16.7. The molecule has 426 valence electrons. The topological polar surface area (TPSA) is 175 Å². The molecule has 1 saturated heterocycles. The zero-order valence-electron chi connectivity index (χ0n) is 46.8. The van der Waals surface area contributed by atoms with Crippen LogP contribution in [-0.2, 0) is 23.8 Å². The van der Waals surface area contributed by atoms with Gasteiger partial charge in [0.1, 0.15) is 24.4 Å². The summed E-state index contributed by atoms with van der Waals surface area (Å²) in [5.74, 6) is -0.214. The van der Waals surface area contributed by atoms with Gasteiger partial charge in [-0.05, 0) is 77.6 Å². The van der Waals surface area contributed by atoms with Crippen LogP contribution in [0.1, 0.15) is 271 Å². The fourth-order valence-corrected chi connectivity index (χ4v) is 9.41. The van der Waals surface area contributed by atoms with E-state index in [1.54, 1.807) is 6.08 Å². The molecule has 0 radical (unpaired) electrons. The first-order valence-electron chi connectivity index (χ1n) is 30.4. The molecule has 0 spiro atoms. The van der Waals surface area contributed by atoms with Gasteiger partial charge in [0.2, 0.25) is 5.91 Å². The van der Waals surface area contributed by atoms with Crippen LogP contribution < -0.4 is 5.32 Å². The van der Waals surface area contributed by atoms with E-state index in [1.807, 2.05) is 19.1 Å². The summed E-state index contributed by atoms with van der Waals surface area (Å²) in [5, 5.41) is 54.1. The maximum absolute atomic E-state index is 13.0. The molecule has 6 N–H and O–H groups in total. The van der Waals surface area contributed by atoms with Crippen molar-refractivity contribution in [3.8, 4) is 0 Å². The number of allylic oxidation sites excluding steroid dienone is 7. The van der Waals surface area contributed by atoms with E-state index >= 15 is 0 Å².